The number of hydrogen-bond acceptors (Lipinski definition) is 2. The van der Waals surface area contributed by atoms with Gasteiger partial charge in [-0.05, 0) is 35.9 Å². The number of carbonyl (C=O) groups excluding carboxylic acids is 1. The molecular weight excluding hydrogens is 274 g/mol. The molecule has 1 amide bonds. The van der Waals surface area contributed by atoms with Crippen LogP contribution in [-0.2, 0) is 11.2 Å². The molecule has 0 atom stereocenters. The number of anilines is 2. The lowest BCUT2D eigenvalue weighted by molar-refractivity contribution is -0.115. The SMILES string of the molecule is CN(C)c1ccc(F)cc1NC(=O)Cc1cccc(F)c1. The van der Waals surface area contributed by atoms with Crippen molar-refractivity contribution in [2.24, 2.45) is 0 Å². The van der Waals surface area contributed by atoms with Gasteiger partial charge in [-0.2, -0.15) is 0 Å². The normalized spacial score (nSPS) is 10.3. The third kappa shape index (κ3) is 4.02. The molecule has 0 saturated carbocycles. The average Bonchev–Trinajstić information content (AvgIpc) is 2.38. The Morgan fingerprint density at radius 3 is 2.48 bits per heavy atom. The molecule has 2 aromatic rings. The summed E-state index contributed by atoms with van der Waals surface area (Å²) in [6.45, 7) is 0. The summed E-state index contributed by atoms with van der Waals surface area (Å²) in [5, 5.41) is 2.66. The Bertz CT molecular complexity index is 656. The first kappa shape index (κ1) is 15.0. The molecule has 0 aliphatic heterocycles. The molecule has 110 valence electrons. The average molecular weight is 290 g/mol. The van der Waals surface area contributed by atoms with E-state index in [1.807, 2.05) is 0 Å². The Morgan fingerprint density at radius 1 is 1.10 bits per heavy atom. The van der Waals surface area contributed by atoms with Gasteiger partial charge in [0.05, 0.1) is 17.8 Å². The summed E-state index contributed by atoms with van der Waals surface area (Å²) < 4.78 is 26.4. The van der Waals surface area contributed by atoms with Gasteiger partial charge >= 0.3 is 0 Å². The molecule has 2 aromatic carbocycles. The standard InChI is InChI=1S/C16H16F2N2O/c1-20(2)15-7-6-13(18)10-14(15)19-16(21)9-11-4-3-5-12(17)8-11/h3-8,10H,9H2,1-2H3,(H,19,21). The predicted molar refractivity (Wildman–Crippen MR) is 79.5 cm³/mol. The lowest BCUT2D eigenvalue weighted by Crippen LogP contribution is -2.18. The van der Waals surface area contributed by atoms with E-state index in [1.54, 1.807) is 37.2 Å². The molecule has 2 rings (SSSR count). The maximum absolute atomic E-state index is 13.3. The third-order valence-corrected chi connectivity index (χ3v) is 2.97. The molecule has 5 heteroatoms. The van der Waals surface area contributed by atoms with Crippen LogP contribution in [0.4, 0.5) is 20.2 Å². The Morgan fingerprint density at radius 2 is 1.81 bits per heavy atom. The van der Waals surface area contributed by atoms with Crippen LogP contribution in [0.2, 0.25) is 0 Å². The molecule has 0 saturated heterocycles. The van der Waals surface area contributed by atoms with E-state index in [-0.39, 0.29) is 18.1 Å². The topological polar surface area (TPSA) is 32.3 Å². The van der Waals surface area contributed by atoms with Gasteiger partial charge in [-0.1, -0.05) is 12.1 Å². The highest BCUT2D eigenvalue weighted by atomic mass is 19.1. The van der Waals surface area contributed by atoms with Crippen LogP contribution in [0.15, 0.2) is 42.5 Å². The summed E-state index contributed by atoms with van der Waals surface area (Å²) in [6.07, 6.45) is 0.0289. The van der Waals surface area contributed by atoms with Gasteiger partial charge in [-0.15, -0.1) is 0 Å². The first-order chi connectivity index (χ1) is 9.95. The summed E-state index contributed by atoms with van der Waals surface area (Å²) >= 11 is 0. The molecule has 0 aliphatic rings. The van der Waals surface area contributed by atoms with E-state index in [4.69, 9.17) is 0 Å². The zero-order chi connectivity index (χ0) is 15.4. The van der Waals surface area contributed by atoms with Gasteiger partial charge < -0.3 is 10.2 Å². The quantitative estimate of drug-likeness (QED) is 0.937. The van der Waals surface area contributed by atoms with Gasteiger partial charge in [0.15, 0.2) is 0 Å². The Hall–Kier alpha value is -2.43. The summed E-state index contributed by atoms with van der Waals surface area (Å²) in [5.74, 6) is -1.14. The van der Waals surface area contributed by atoms with E-state index in [1.165, 1.54) is 24.3 Å². The van der Waals surface area contributed by atoms with Gasteiger partial charge in [0.2, 0.25) is 5.91 Å². The van der Waals surface area contributed by atoms with Crippen LogP contribution in [0.5, 0.6) is 0 Å². The summed E-state index contributed by atoms with van der Waals surface area (Å²) in [4.78, 5) is 13.8. The van der Waals surface area contributed by atoms with Crippen LogP contribution < -0.4 is 10.2 Å². The minimum atomic E-state index is -0.429. The first-order valence-electron chi connectivity index (χ1n) is 6.47. The van der Waals surface area contributed by atoms with Gasteiger partial charge in [0.1, 0.15) is 11.6 Å². The fraction of sp³-hybridized carbons (Fsp3) is 0.188. The van der Waals surface area contributed by atoms with Gasteiger partial charge in [0, 0.05) is 14.1 Å². The Balaban J connectivity index is 2.14. The van der Waals surface area contributed by atoms with Crippen molar-refractivity contribution in [2.75, 3.05) is 24.3 Å². The van der Waals surface area contributed by atoms with Crippen LogP contribution >= 0.6 is 0 Å². The summed E-state index contributed by atoms with van der Waals surface area (Å²) in [7, 11) is 3.60. The summed E-state index contributed by atoms with van der Waals surface area (Å²) in [6, 6.07) is 10.0. The van der Waals surface area contributed by atoms with Crippen molar-refractivity contribution in [1.82, 2.24) is 0 Å². The van der Waals surface area contributed by atoms with Crippen molar-refractivity contribution < 1.29 is 13.6 Å². The monoisotopic (exact) mass is 290 g/mol. The van der Waals surface area contributed by atoms with Crippen LogP contribution in [0.1, 0.15) is 5.56 Å². The number of amides is 1. The highest BCUT2D eigenvalue weighted by molar-refractivity contribution is 5.95. The van der Waals surface area contributed by atoms with Gasteiger partial charge in [-0.3, -0.25) is 4.79 Å². The molecular formula is C16H16F2N2O. The van der Waals surface area contributed by atoms with E-state index in [9.17, 15) is 13.6 Å². The number of halogens is 2. The molecule has 1 N–H and O–H groups in total. The van der Waals surface area contributed by atoms with Crippen LogP contribution in [0.25, 0.3) is 0 Å². The van der Waals surface area contributed by atoms with Crippen molar-refractivity contribution in [3.8, 4) is 0 Å². The van der Waals surface area contributed by atoms with E-state index in [2.05, 4.69) is 5.32 Å². The third-order valence-electron chi connectivity index (χ3n) is 2.97. The highest BCUT2D eigenvalue weighted by Crippen LogP contribution is 2.25. The smallest absolute Gasteiger partial charge is 0.228 e. The molecule has 0 heterocycles. The lowest BCUT2D eigenvalue weighted by atomic mass is 10.1. The van der Waals surface area contributed by atoms with E-state index in [0.717, 1.165) is 0 Å². The van der Waals surface area contributed by atoms with Gasteiger partial charge in [-0.25, -0.2) is 8.78 Å². The van der Waals surface area contributed by atoms with Crippen molar-refractivity contribution >= 4 is 17.3 Å². The molecule has 21 heavy (non-hydrogen) atoms. The second kappa shape index (κ2) is 6.35. The maximum Gasteiger partial charge on any atom is 0.228 e. The van der Waals surface area contributed by atoms with Crippen molar-refractivity contribution in [3.63, 3.8) is 0 Å². The minimum absolute atomic E-state index is 0.0289. The second-order valence-corrected chi connectivity index (χ2v) is 4.91. The predicted octanol–water partition coefficient (Wildman–Crippen LogP) is 3.21. The molecule has 0 aliphatic carbocycles. The second-order valence-electron chi connectivity index (χ2n) is 4.91. The first-order valence-corrected chi connectivity index (χ1v) is 6.47. The van der Waals surface area contributed by atoms with Crippen molar-refractivity contribution in [1.29, 1.82) is 0 Å². The maximum atomic E-state index is 13.3. The Labute approximate surface area is 122 Å². The van der Waals surface area contributed by atoms with E-state index < -0.39 is 5.82 Å². The Kier molecular flexibility index (Phi) is 4.52. The molecule has 0 fully saturated rings. The highest BCUT2D eigenvalue weighted by Gasteiger charge is 2.10. The number of hydrogen-bond donors (Lipinski definition) is 1. The lowest BCUT2D eigenvalue weighted by Gasteiger charge is -2.18. The minimum Gasteiger partial charge on any atom is -0.376 e. The molecule has 0 aromatic heterocycles. The van der Waals surface area contributed by atoms with Crippen LogP contribution in [-0.4, -0.2) is 20.0 Å². The zero-order valence-electron chi connectivity index (χ0n) is 11.9. The fourth-order valence-electron chi connectivity index (χ4n) is 2.03. The largest absolute Gasteiger partial charge is 0.376 e. The molecule has 0 bridgehead atoms. The van der Waals surface area contributed by atoms with Crippen LogP contribution in [0.3, 0.4) is 0 Å². The van der Waals surface area contributed by atoms with Gasteiger partial charge in [0.25, 0.3) is 0 Å². The molecule has 0 spiro atoms. The van der Waals surface area contributed by atoms with Crippen molar-refractivity contribution in [3.05, 3.63) is 59.7 Å². The van der Waals surface area contributed by atoms with E-state index >= 15 is 0 Å². The number of rotatable bonds is 4. The molecule has 0 unspecified atom stereocenters. The fourth-order valence-corrected chi connectivity index (χ4v) is 2.03. The number of nitrogens with zero attached hydrogens (tertiary/aromatic N) is 1. The summed E-state index contributed by atoms with van der Waals surface area (Å²) in [5.41, 5.74) is 1.65. The zero-order valence-corrected chi connectivity index (χ0v) is 11.9. The number of benzene rings is 2. The number of nitrogens with one attached hydrogen (secondary N) is 1. The van der Waals surface area contributed by atoms with Crippen LogP contribution in [0, 0.1) is 11.6 Å². The van der Waals surface area contributed by atoms with E-state index in [0.29, 0.717) is 16.9 Å². The number of carbonyl (C=O) groups is 1. The molecule has 3 nitrogen and oxygen atoms in total. The molecule has 0 radical (unpaired) electrons. The van der Waals surface area contributed by atoms with Crippen molar-refractivity contribution in [2.45, 2.75) is 6.42 Å².